The Morgan fingerprint density at radius 3 is 2.21 bits per heavy atom. The van der Waals surface area contributed by atoms with Crippen LogP contribution < -0.4 is 19.7 Å². The monoisotopic (exact) mass is 553 g/mol. The number of methoxy groups -OCH3 is 1. The number of nitrogens with zero attached hydrogens (tertiary/aromatic N) is 4. The molecule has 39 heavy (non-hydrogen) atoms. The summed E-state index contributed by atoms with van der Waals surface area (Å²) >= 11 is 5.82. The van der Waals surface area contributed by atoms with Crippen molar-refractivity contribution < 1.29 is 19.1 Å². The first kappa shape index (κ1) is 28.8. The highest BCUT2D eigenvalue weighted by atomic mass is 32.1. The number of amides is 2. The van der Waals surface area contributed by atoms with E-state index in [4.69, 9.17) is 21.7 Å². The molecule has 2 aliphatic rings. The molecular weight excluding hydrogens is 514 g/mol. The van der Waals surface area contributed by atoms with Crippen molar-refractivity contribution in [3.63, 3.8) is 0 Å². The molecule has 0 spiro atoms. The lowest BCUT2D eigenvalue weighted by Crippen LogP contribution is -2.47. The van der Waals surface area contributed by atoms with Crippen LogP contribution in [-0.4, -0.2) is 97.2 Å². The quantitative estimate of drug-likeness (QED) is 0.401. The zero-order chi connectivity index (χ0) is 27.8. The zero-order valence-corrected chi connectivity index (χ0v) is 23.9. The highest BCUT2D eigenvalue weighted by Crippen LogP contribution is 2.29. The zero-order valence-electron chi connectivity index (χ0n) is 23.1. The van der Waals surface area contributed by atoms with Gasteiger partial charge in [0.25, 0.3) is 5.91 Å². The standard InChI is InChI=1S/C29H39N5O4S/c1-4-31-17-19-32(20-18-31)15-6-16-33-26(21-27(35)30-22-7-11-25(12-8-22)38-5-2)28(36)34(29(33)39)23-9-13-24(37-3)14-10-23/h7-14,26H,4-6,15-21H2,1-3H3,(H,30,35). The number of likely N-dealkylation sites (N-methyl/N-ethyl adjacent to an activating group) is 1. The number of rotatable bonds is 12. The van der Waals surface area contributed by atoms with Crippen LogP contribution in [0.4, 0.5) is 11.4 Å². The number of thiocarbonyl (C=S) groups is 1. The van der Waals surface area contributed by atoms with Gasteiger partial charge < -0.3 is 29.5 Å². The first-order valence-corrected chi connectivity index (χ1v) is 14.1. The second kappa shape index (κ2) is 13.7. The fraction of sp³-hybridized carbons (Fsp3) is 0.483. The minimum absolute atomic E-state index is 0.00795. The van der Waals surface area contributed by atoms with E-state index in [9.17, 15) is 9.59 Å². The van der Waals surface area contributed by atoms with Crippen LogP contribution in [0.1, 0.15) is 26.7 Å². The topological polar surface area (TPSA) is 77.6 Å². The number of benzene rings is 2. The van der Waals surface area contributed by atoms with Crippen LogP contribution in [0.2, 0.25) is 0 Å². The normalized spacial score (nSPS) is 18.5. The number of nitrogens with one attached hydrogen (secondary N) is 1. The Hall–Kier alpha value is -3.21. The van der Waals surface area contributed by atoms with Gasteiger partial charge in [-0.05, 0) is 87.2 Å². The lowest BCUT2D eigenvalue weighted by atomic mass is 10.1. The summed E-state index contributed by atoms with van der Waals surface area (Å²) in [5.41, 5.74) is 1.32. The maximum Gasteiger partial charge on any atom is 0.256 e. The third-order valence-electron chi connectivity index (χ3n) is 7.26. The van der Waals surface area contributed by atoms with Crippen LogP contribution in [0.5, 0.6) is 11.5 Å². The average molecular weight is 554 g/mol. The Bertz CT molecular complexity index is 1120. The third-order valence-corrected chi connectivity index (χ3v) is 7.68. The minimum atomic E-state index is -0.667. The summed E-state index contributed by atoms with van der Waals surface area (Å²) in [5.74, 6) is 1.01. The maximum absolute atomic E-state index is 13.7. The molecule has 1 atom stereocenters. The number of ether oxygens (including phenoxy) is 2. The molecule has 2 aromatic carbocycles. The second-order valence-corrected chi connectivity index (χ2v) is 10.1. The molecule has 10 heteroatoms. The molecule has 0 saturated carbocycles. The molecule has 2 saturated heterocycles. The van der Waals surface area contributed by atoms with Crippen molar-refractivity contribution in [1.29, 1.82) is 0 Å². The number of piperazine rings is 1. The largest absolute Gasteiger partial charge is 0.497 e. The van der Waals surface area contributed by atoms with Gasteiger partial charge in [-0.1, -0.05) is 6.92 Å². The van der Waals surface area contributed by atoms with Gasteiger partial charge in [0.05, 0.1) is 25.8 Å². The second-order valence-electron chi connectivity index (χ2n) is 9.70. The Balaban J connectivity index is 1.44. The molecule has 0 radical (unpaired) electrons. The van der Waals surface area contributed by atoms with Gasteiger partial charge >= 0.3 is 0 Å². The van der Waals surface area contributed by atoms with Crippen molar-refractivity contribution >= 4 is 40.5 Å². The molecule has 4 rings (SSSR count). The summed E-state index contributed by atoms with van der Waals surface area (Å²) in [6.07, 6.45) is 0.862. The van der Waals surface area contributed by atoms with E-state index in [0.29, 0.717) is 35.4 Å². The smallest absolute Gasteiger partial charge is 0.256 e. The summed E-state index contributed by atoms with van der Waals surface area (Å²) in [6, 6.07) is 13.8. The van der Waals surface area contributed by atoms with Gasteiger partial charge in [0.2, 0.25) is 5.91 Å². The summed E-state index contributed by atoms with van der Waals surface area (Å²) in [4.78, 5) is 35.1. The fourth-order valence-corrected chi connectivity index (χ4v) is 5.45. The molecule has 0 aliphatic carbocycles. The van der Waals surface area contributed by atoms with E-state index in [1.807, 2.05) is 36.1 Å². The molecule has 2 aliphatic heterocycles. The Morgan fingerprint density at radius 2 is 1.59 bits per heavy atom. The lowest BCUT2D eigenvalue weighted by Gasteiger charge is -2.34. The van der Waals surface area contributed by atoms with Gasteiger partial charge in [-0.3, -0.25) is 14.5 Å². The summed E-state index contributed by atoms with van der Waals surface area (Å²) in [6.45, 7) is 11.6. The first-order chi connectivity index (χ1) is 18.9. The van der Waals surface area contributed by atoms with Crippen molar-refractivity contribution in [2.45, 2.75) is 32.7 Å². The van der Waals surface area contributed by atoms with Gasteiger partial charge in [0.1, 0.15) is 17.5 Å². The van der Waals surface area contributed by atoms with Gasteiger partial charge in [-0.25, -0.2) is 0 Å². The highest BCUT2D eigenvalue weighted by molar-refractivity contribution is 7.80. The molecule has 2 fully saturated rings. The molecule has 210 valence electrons. The number of carbonyl (C=O) groups excluding carboxylic acids is 2. The Kier molecular flexibility index (Phi) is 10.1. The van der Waals surface area contributed by atoms with Crippen molar-refractivity contribution in [2.75, 3.05) is 69.7 Å². The lowest BCUT2D eigenvalue weighted by molar-refractivity contribution is -0.124. The molecule has 0 bridgehead atoms. The van der Waals surface area contributed by atoms with Crippen molar-refractivity contribution in [3.8, 4) is 11.5 Å². The Labute approximate surface area is 236 Å². The molecule has 2 heterocycles. The van der Waals surface area contributed by atoms with Crippen molar-refractivity contribution in [3.05, 3.63) is 48.5 Å². The number of hydrogen-bond acceptors (Lipinski definition) is 7. The van der Waals surface area contributed by atoms with Crippen LogP contribution in [0, 0.1) is 0 Å². The third kappa shape index (κ3) is 7.26. The predicted molar refractivity (Wildman–Crippen MR) is 158 cm³/mol. The van der Waals surface area contributed by atoms with Crippen LogP contribution >= 0.6 is 12.2 Å². The molecule has 1 N–H and O–H groups in total. The van der Waals surface area contributed by atoms with E-state index < -0.39 is 6.04 Å². The molecular formula is C29H39N5O4S. The summed E-state index contributed by atoms with van der Waals surface area (Å²) in [7, 11) is 1.60. The van der Waals surface area contributed by atoms with E-state index in [1.165, 1.54) is 0 Å². The van der Waals surface area contributed by atoms with Crippen LogP contribution in [0.3, 0.4) is 0 Å². The van der Waals surface area contributed by atoms with E-state index >= 15 is 0 Å². The Morgan fingerprint density at radius 1 is 0.949 bits per heavy atom. The SMILES string of the molecule is CCOc1ccc(NC(=O)CC2C(=O)N(c3ccc(OC)cc3)C(=S)N2CCCN2CCN(CC)CC2)cc1. The summed E-state index contributed by atoms with van der Waals surface area (Å²) in [5, 5.41) is 3.35. The fourth-order valence-electron chi connectivity index (χ4n) is 5.04. The van der Waals surface area contributed by atoms with Gasteiger partial charge in [0, 0.05) is 38.4 Å². The molecule has 1 unspecified atom stereocenters. The molecule has 2 amide bonds. The van der Waals surface area contributed by atoms with Crippen LogP contribution in [0.15, 0.2) is 48.5 Å². The molecule has 0 aromatic heterocycles. The number of carbonyl (C=O) groups is 2. The first-order valence-electron chi connectivity index (χ1n) is 13.7. The average Bonchev–Trinajstić information content (AvgIpc) is 3.18. The van der Waals surface area contributed by atoms with Gasteiger partial charge in [-0.15, -0.1) is 0 Å². The van der Waals surface area contributed by atoms with E-state index in [2.05, 4.69) is 22.0 Å². The predicted octanol–water partition coefficient (Wildman–Crippen LogP) is 3.45. The van der Waals surface area contributed by atoms with Gasteiger partial charge in [0.15, 0.2) is 5.11 Å². The van der Waals surface area contributed by atoms with E-state index in [1.54, 1.807) is 36.3 Å². The minimum Gasteiger partial charge on any atom is -0.497 e. The maximum atomic E-state index is 13.7. The number of hydrogen-bond donors (Lipinski definition) is 1. The number of anilines is 2. The van der Waals surface area contributed by atoms with Gasteiger partial charge in [-0.2, -0.15) is 0 Å². The van der Waals surface area contributed by atoms with Crippen molar-refractivity contribution in [1.82, 2.24) is 14.7 Å². The van der Waals surface area contributed by atoms with Crippen LogP contribution in [0.25, 0.3) is 0 Å². The highest BCUT2D eigenvalue weighted by Gasteiger charge is 2.44. The molecule has 9 nitrogen and oxygen atoms in total. The van der Waals surface area contributed by atoms with Crippen LogP contribution in [-0.2, 0) is 9.59 Å². The van der Waals surface area contributed by atoms with Crippen molar-refractivity contribution in [2.24, 2.45) is 0 Å². The summed E-state index contributed by atoms with van der Waals surface area (Å²) < 4.78 is 10.7. The molecule has 2 aromatic rings. The van der Waals surface area contributed by atoms with E-state index in [-0.39, 0.29) is 18.2 Å². The van der Waals surface area contributed by atoms with E-state index in [0.717, 1.165) is 51.4 Å².